The minimum absolute atomic E-state index is 0.269. The van der Waals surface area contributed by atoms with E-state index in [-0.39, 0.29) is 6.61 Å². The van der Waals surface area contributed by atoms with Gasteiger partial charge in [-0.3, -0.25) is 9.69 Å². The summed E-state index contributed by atoms with van der Waals surface area (Å²) in [6.07, 6.45) is 0.735. The van der Waals surface area contributed by atoms with Gasteiger partial charge < -0.3 is 14.6 Å². The van der Waals surface area contributed by atoms with Crippen LogP contribution in [0, 0.1) is 5.41 Å². The largest absolute Gasteiger partial charge is 0.481 e. The van der Waals surface area contributed by atoms with Crippen LogP contribution in [-0.2, 0) is 14.3 Å². The topological polar surface area (TPSA) is 76.1 Å². The Kier molecular flexibility index (Phi) is 3.47. The van der Waals surface area contributed by atoms with Crippen molar-refractivity contribution in [3.63, 3.8) is 0 Å². The van der Waals surface area contributed by atoms with Crippen molar-refractivity contribution >= 4 is 12.1 Å². The van der Waals surface area contributed by atoms with Crippen molar-refractivity contribution in [2.75, 3.05) is 19.8 Å². The maximum atomic E-state index is 12.2. The van der Waals surface area contributed by atoms with Crippen molar-refractivity contribution in [2.24, 2.45) is 5.41 Å². The number of carbonyl (C=O) groups is 2. The van der Waals surface area contributed by atoms with Crippen LogP contribution in [0.3, 0.4) is 0 Å². The quantitative estimate of drug-likeness (QED) is 0.823. The molecule has 108 valence electrons. The number of ether oxygens (including phenoxy) is 2. The summed E-state index contributed by atoms with van der Waals surface area (Å²) in [5, 5.41) is 9.35. The third kappa shape index (κ3) is 2.83. The molecule has 2 rings (SSSR count). The first-order chi connectivity index (χ1) is 8.76. The van der Waals surface area contributed by atoms with Gasteiger partial charge in [0.1, 0.15) is 5.60 Å². The molecule has 2 aliphatic rings. The summed E-state index contributed by atoms with van der Waals surface area (Å²) < 4.78 is 10.7. The average Bonchev–Trinajstić information content (AvgIpc) is 3.07. The third-order valence-electron chi connectivity index (χ3n) is 3.61. The third-order valence-corrected chi connectivity index (χ3v) is 3.61. The maximum absolute atomic E-state index is 12.2. The molecule has 1 aliphatic heterocycles. The smallest absolute Gasteiger partial charge is 0.410 e. The molecule has 1 saturated heterocycles. The number of carboxylic acid groups (broad SMARTS) is 1. The van der Waals surface area contributed by atoms with E-state index >= 15 is 0 Å². The van der Waals surface area contributed by atoms with Crippen LogP contribution < -0.4 is 0 Å². The molecule has 0 radical (unpaired) electrons. The lowest BCUT2D eigenvalue weighted by Crippen LogP contribution is -2.55. The van der Waals surface area contributed by atoms with E-state index in [4.69, 9.17) is 9.47 Å². The SMILES string of the molecule is CC(C)(C)OC(=O)N1CCOCC1C1(C(=O)O)CC1. The number of hydrogen-bond donors (Lipinski definition) is 1. The highest BCUT2D eigenvalue weighted by Crippen LogP contribution is 2.51. The number of morpholine rings is 1. The first kappa shape index (κ1) is 14.1. The molecule has 6 nitrogen and oxygen atoms in total. The van der Waals surface area contributed by atoms with E-state index in [2.05, 4.69) is 0 Å². The number of nitrogens with zero attached hydrogens (tertiary/aromatic N) is 1. The fraction of sp³-hybridized carbons (Fsp3) is 0.846. The highest BCUT2D eigenvalue weighted by molar-refractivity contribution is 5.80. The molecule has 1 aliphatic carbocycles. The van der Waals surface area contributed by atoms with Gasteiger partial charge in [-0.25, -0.2) is 4.79 Å². The van der Waals surface area contributed by atoms with E-state index in [0.717, 1.165) is 0 Å². The standard InChI is InChI=1S/C13H21NO5/c1-12(2,3)19-11(17)14-6-7-18-8-9(14)13(4-5-13)10(15)16/h9H,4-8H2,1-3H3,(H,15,16). The van der Waals surface area contributed by atoms with Gasteiger partial charge in [-0.15, -0.1) is 0 Å². The zero-order valence-corrected chi connectivity index (χ0v) is 11.6. The molecule has 0 bridgehead atoms. The van der Waals surface area contributed by atoms with Gasteiger partial charge in [0.25, 0.3) is 0 Å². The molecular formula is C13H21NO5. The molecule has 1 unspecified atom stereocenters. The van der Waals surface area contributed by atoms with E-state index in [1.807, 2.05) is 0 Å². The van der Waals surface area contributed by atoms with Crippen molar-refractivity contribution in [2.45, 2.75) is 45.3 Å². The summed E-state index contributed by atoms with van der Waals surface area (Å²) in [5.41, 5.74) is -1.42. The molecule has 1 saturated carbocycles. The van der Waals surface area contributed by atoms with Crippen molar-refractivity contribution in [3.8, 4) is 0 Å². The van der Waals surface area contributed by atoms with Crippen LogP contribution in [0.1, 0.15) is 33.6 Å². The fourth-order valence-corrected chi connectivity index (χ4v) is 2.42. The maximum Gasteiger partial charge on any atom is 0.410 e. The van der Waals surface area contributed by atoms with Gasteiger partial charge in [-0.1, -0.05) is 0 Å². The lowest BCUT2D eigenvalue weighted by molar-refractivity contribution is -0.149. The van der Waals surface area contributed by atoms with Crippen LogP contribution in [-0.4, -0.2) is 53.5 Å². The normalized spacial score (nSPS) is 25.8. The van der Waals surface area contributed by atoms with Gasteiger partial charge in [-0.05, 0) is 33.6 Å². The molecule has 1 N–H and O–H groups in total. The average molecular weight is 271 g/mol. The van der Waals surface area contributed by atoms with Crippen molar-refractivity contribution in [3.05, 3.63) is 0 Å². The molecule has 19 heavy (non-hydrogen) atoms. The van der Waals surface area contributed by atoms with E-state index in [1.54, 1.807) is 20.8 Å². The van der Waals surface area contributed by atoms with Crippen LogP contribution in [0.4, 0.5) is 4.79 Å². The van der Waals surface area contributed by atoms with Crippen LogP contribution in [0.25, 0.3) is 0 Å². The second-order valence-corrected chi connectivity index (χ2v) is 6.23. The van der Waals surface area contributed by atoms with Gasteiger partial charge >= 0.3 is 12.1 Å². The van der Waals surface area contributed by atoms with E-state index in [9.17, 15) is 14.7 Å². The molecule has 1 amide bonds. The van der Waals surface area contributed by atoms with Gasteiger partial charge in [-0.2, -0.15) is 0 Å². The lowest BCUT2D eigenvalue weighted by atomic mass is 9.95. The Hall–Kier alpha value is -1.30. The van der Waals surface area contributed by atoms with Crippen molar-refractivity contribution in [1.29, 1.82) is 0 Å². The second kappa shape index (κ2) is 4.67. The number of rotatable bonds is 2. The minimum Gasteiger partial charge on any atom is -0.481 e. The van der Waals surface area contributed by atoms with E-state index in [1.165, 1.54) is 4.90 Å². The Morgan fingerprint density at radius 3 is 2.47 bits per heavy atom. The van der Waals surface area contributed by atoms with E-state index in [0.29, 0.717) is 26.0 Å². The second-order valence-electron chi connectivity index (χ2n) is 6.23. The summed E-state index contributed by atoms with van der Waals surface area (Å²) >= 11 is 0. The Bertz CT molecular complexity index is 383. The van der Waals surface area contributed by atoms with Crippen molar-refractivity contribution in [1.82, 2.24) is 4.90 Å². The van der Waals surface area contributed by atoms with Gasteiger partial charge in [0, 0.05) is 6.54 Å². The number of carbonyl (C=O) groups excluding carboxylic acids is 1. The molecule has 0 aromatic carbocycles. The highest BCUT2D eigenvalue weighted by Gasteiger charge is 2.59. The molecule has 2 fully saturated rings. The van der Waals surface area contributed by atoms with Gasteiger partial charge in [0.05, 0.1) is 24.7 Å². The van der Waals surface area contributed by atoms with Crippen LogP contribution in [0.15, 0.2) is 0 Å². The van der Waals surface area contributed by atoms with Crippen molar-refractivity contribution < 1.29 is 24.2 Å². The number of carboxylic acids is 1. The summed E-state index contributed by atoms with van der Waals surface area (Å²) in [4.78, 5) is 25.1. The zero-order chi connectivity index (χ0) is 14.3. The van der Waals surface area contributed by atoms with E-state index < -0.39 is 29.1 Å². The Labute approximate surface area is 112 Å². The molecule has 1 heterocycles. The molecule has 6 heteroatoms. The summed E-state index contributed by atoms with van der Waals surface area (Å²) in [6.45, 7) is 6.46. The fourth-order valence-electron chi connectivity index (χ4n) is 2.42. The number of amides is 1. The predicted octanol–water partition coefficient (Wildman–Crippen LogP) is 1.49. The zero-order valence-electron chi connectivity index (χ0n) is 11.6. The molecular weight excluding hydrogens is 250 g/mol. The monoisotopic (exact) mass is 271 g/mol. The Morgan fingerprint density at radius 2 is 2.00 bits per heavy atom. The van der Waals surface area contributed by atoms with Gasteiger partial charge in [0.2, 0.25) is 0 Å². The number of aliphatic carboxylic acids is 1. The first-order valence-electron chi connectivity index (χ1n) is 6.57. The van der Waals surface area contributed by atoms with Crippen LogP contribution in [0.2, 0.25) is 0 Å². The Morgan fingerprint density at radius 1 is 1.37 bits per heavy atom. The molecule has 1 atom stereocenters. The molecule has 0 aromatic heterocycles. The Balaban J connectivity index is 2.13. The predicted molar refractivity (Wildman–Crippen MR) is 66.8 cm³/mol. The summed E-state index contributed by atoms with van der Waals surface area (Å²) in [5.74, 6) is -0.850. The molecule has 0 aromatic rings. The minimum atomic E-state index is -0.850. The summed E-state index contributed by atoms with van der Waals surface area (Å²) in [7, 11) is 0. The van der Waals surface area contributed by atoms with Crippen LogP contribution in [0.5, 0.6) is 0 Å². The van der Waals surface area contributed by atoms with Gasteiger partial charge in [0.15, 0.2) is 0 Å². The first-order valence-corrected chi connectivity index (χ1v) is 6.57. The summed E-state index contributed by atoms with van der Waals surface area (Å²) in [6, 6.07) is -0.423. The highest BCUT2D eigenvalue weighted by atomic mass is 16.6. The number of hydrogen-bond acceptors (Lipinski definition) is 4. The van der Waals surface area contributed by atoms with Crippen LogP contribution >= 0.6 is 0 Å². The molecule has 0 spiro atoms. The lowest BCUT2D eigenvalue weighted by Gasteiger charge is -2.39.